The van der Waals surface area contributed by atoms with Crippen LogP contribution < -0.4 is 5.32 Å². The van der Waals surface area contributed by atoms with Crippen LogP contribution in [0.15, 0.2) is 30.3 Å². The maximum atomic E-state index is 9.10. The third kappa shape index (κ3) is 7.25. The molecule has 3 N–H and O–H groups in total. The van der Waals surface area contributed by atoms with Crippen LogP contribution in [-0.4, -0.2) is 31.9 Å². The van der Waals surface area contributed by atoms with Crippen molar-refractivity contribution in [3.05, 3.63) is 52.3 Å². The molecule has 1 heterocycles. The Bertz CT molecular complexity index is 718. The van der Waals surface area contributed by atoms with Gasteiger partial charge in [0, 0.05) is 25.2 Å². The number of halogens is 1. The van der Waals surface area contributed by atoms with Crippen LogP contribution >= 0.6 is 11.6 Å². The second-order valence-corrected chi connectivity index (χ2v) is 6.49. The number of aryl methyl sites for hydroxylation is 1. The average Bonchev–Trinajstić information content (AvgIpc) is 2.83. The van der Waals surface area contributed by atoms with Gasteiger partial charge in [0.15, 0.2) is 0 Å². The number of nitrogens with zero attached hydrogens (tertiary/aromatic N) is 2. The minimum absolute atomic E-state index is 0.539. The zero-order chi connectivity index (χ0) is 19.7. The van der Waals surface area contributed by atoms with Crippen molar-refractivity contribution in [2.75, 3.05) is 0 Å². The van der Waals surface area contributed by atoms with E-state index in [4.69, 9.17) is 31.4 Å². The van der Waals surface area contributed by atoms with Crippen molar-refractivity contribution < 1.29 is 19.8 Å². The SMILES string of the molecule is Cc1nn(CC(C)C)c(Cl)c1CNCc1ccccc1.O=C(O)C(=O)O. The lowest BCUT2D eigenvalue weighted by atomic mass is 10.2. The van der Waals surface area contributed by atoms with Gasteiger partial charge < -0.3 is 15.5 Å². The fourth-order valence-corrected chi connectivity index (χ4v) is 2.50. The monoisotopic (exact) mass is 381 g/mol. The molecule has 0 spiro atoms. The Morgan fingerprint density at radius 1 is 1.15 bits per heavy atom. The zero-order valence-corrected chi connectivity index (χ0v) is 15.8. The topological polar surface area (TPSA) is 104 Å². The maximum Gasteiger partial charge on any atom is 0.414 e. The van der Waals surface area contributed by atoms with E-state index in [1.807, 2.05) is 17.7 Å². The number of rotatable bonds is 6. The molecular weight excluding hydrogens is 358 g/mol. The Morgan fingerprint density at radius 3 is 2.23 bits per heavy atom. The molecule has 2 rings (SSSR count). The molecule has 0 bridgehead atoms. The summed E-state index contributed by atoms with van der Waals surface area (Å²) in [7, 11) is 0. The van der Waals surface area contributed by atoms with Crippen LogP contribution in [0, 0.1) is 12.8 Å². The molecule has 0 radical (unpaired) electrons. The highest BCUT2D eigenvalue weighted by Gasteiger charge is 2.13. The highest BCUT2D eigenvalue weighted by Crippen LogP contribution is 2.20. The van der Waals surface area contributed by atoms with Crippen molar-refractivity contribution in [3.63, 3.8) is 0 Å². The van der Waals surface area contributed by atoms with E-state index in [1.54, 1.807) is 0 Å². The minimum atomic E-state index is -1.82. The summed E-state index contributed by atoms with van der Waals surface area (Å²) in [6, 6.07) is 10.4. The number of carboxylic acid groups (broad SMARTS) is 2. The van der Waals surface area contributed by atoms with Crippen LogP contribution in [0.3, 0.4) is 0 Å². The van der Waals surface area contributed by atoms with Crippen LogP contribution in [0.5, 0.6) is 0 Å². The highest BCUT2D eigenvalue weighted by molar-refractivity contribution is 6.30. The van der Waals surface area contributed by atoms with Gasteiger partial charge in [0.1, 0.15) is 5.15 Å². The third-order valence-corrected chi connectivity index (χ3v) is 3.80. The van der Waals surface area contributed by atoms with Crippen LogP contribution in [-0.2, 0) is 29.2 Å². The molecule has 0 aliphatic rings. The summed E-state index contributed by atoms with van der Waals surface area (Å²) < 4.78 is 1.90. The summed E-state index contributed by atoms with van der Waals surface area (Å²) in [6.45, 7) is 8.80. The molecule has 0 aliphatic carbocycles. The fraction of sp³-hybridized carbons (Fsp3) is 0.389. The van der Waals surface area contributed by atoms with Gasteiger partial charge in [0.25, 0.3) is 0 Å². The number of carbonyl (C=O) groups is 2. The first-order valence-electron chi connectivity index (χ1n) is 8.15. The first-order chi connectivity index (χ1) is 12.2. The van der Waals surface area contributed by atoms with Gasteiger partial charge >= 0.3 is 11.9 Å². The number of aromatic nitrogens is 2. The third-order valence-electron chi connectivity index (χ3n) is 3.38. The van der Waals surface area contributed by atoms with E-state index >= 15 is 0 Å². The fourth-order valence-electron chi connectivity index (χ4n) is 2.19. The van der Waals surface area contributed by atoms with Crippen molar-refractivity contribution >= 4 is 23.5 Å². The second-order valence-electron chi connectivity index (χ2n) is 6.13. The van der Waals surface area contributed by atoms with Crippen molar-refractivity contribution in [3.8, 4) is 0 Å². The van der Waals surface area contributed by atoms with Gasteiger partial charge in [-0.25, -0.2) is 9.59 Å². The molecular formula is C18H24ClN3O4. The molecule has 0 unspecified atom stereocenters. The predicted molar refractivity (Wildman–Crippen MR) is 99.1 cm³/mol. The largest absolute Gasteiger partial charge is 0.473 e. The summed E-state index contributed by atoms with van der Waals surface area (Å²) in [5.41, 5.74) is 3.38. The van der Waals surface area contributed by atoms with Gasteiger partial charge in [-0.15, -0.1) is 0 Å². The summed E-state index contributed by atoms with van der Waals surface area (Å²) >= 11 is 6.42. The van der Waals surface area contributed by atoms with Crippen LogP contribution in [0.25, 0.3) is 0 Å². The number of hydrogen-bond acceptors (Lipinski definition) is 4. The van der Waals surface area contributed by atoms with Gasteiger partial charge in [-0.1, -0.05) is 55.8 Å². The van der Waals surface area contributed by atoms with E-state index in [1.165, 1.54) is 5.56 Å². The molecule has 0 saturated heterocycles. The molecule has 26 heavy (non-hydrogen) atoms. The maximum absolute atomic E-state index is 9.10. The lowest BCUT2D eigenvalue weighted by Crippen LogP contribution is -2.13. The van der Waals surface area contributed by atoms with Crippen molar-refractivity contribution in [2.24, 2.45) is 5.92 Å². The van der Waals surface area contributed by atoms with Gasteiger partial charge in [-0.05, 0) is 18.4 Å². The lowest BCUT2D eigenvalue weighted by Gasteiger charge is -2.07. The number of aliphatic carboxylic acids is 2. The van der Waals surface area contributed by atoms with E-state index in [9.17, 15) is 0 Å². The molecule has 0 amide bonds. The standard InChI is InChI=1S/C16H22ClN3.C2H2O4/c1-12(2)11-20-16(17)15(13(3)19-20)10-18-9-14-7-5-4-6-8-14;3-1(4)2(5)6/h4-8,12,18H,9-11H2,1-3H3;(H,3,4)(H,5,6). The molecule has 0 fully saturated rings. The summed E-state index contributed by atoms with van der Waals surface area (Å²) in [5, 5.41) is 23.5. The molecule has 1 aromatic carbocycles. The van der Waals surface area contributed by atoms with E-state index in [0.29, 0.717) is 5.92 Å². The molecule has 0 aliphatic heterocycles. The van der Waals surface area contributed by atoms with Gasteiger partial charge in [-0.2, -0.15) is 5.10 Å². The minimum Gasteiger partial charge on any atom is -0.473 e. The first kappa shape index (κ1) is 21.7. The highest BCUT2D eigenvalue weighted by atomic mass is 35.5. The summed E-state index contributed by atoms with van der Waals surface area (Å²) in [6.07, 6.45) is 0. The van der Waals surface area contributed by atoms with Crippen LogP contribution in [0.2, 0.25) is 5.15 Å². The first-order valence-corrected chi connectivity index (χ1v) is 8.52. The number of benzene rings is 1. The number of carboxylic acids is 2. The normalized spacial score (nSPS) is 10.3. The Labute approximate surface area is 157 Å². The van der Waals surface area contributed by atoms with Crippen molar-refractivity contribution in [1.29, 1.82) is 0 Å². The Morgan fingerprint density at radius 2 is 1.73 bits per heavy atom. The van der Waals surface area contributed by atoms with Crippen LogP contribution in [0.4, 0.5) is 0 Å². The van der Waals surface area contributed by atoms with E-state index < -0.39 is 11.9 Å². The molecule has 2 aromatic rings. The Balaban J connectivity index is 0.000000487. The van der Waals surface area contributed by atoms with Gasteiger partial charge in [0.2, 0.25) is 0 Å². The zero-order valence-electron chi connectivity index (χ0n) is 15.1. The smallest absolute Gasteiger partial charge is 0.414 e. The van der Waals surface area contributed by atoms with E-state index in [2.05, 4.69) is 48.5 Å². The average molecular weight is 382 g/mol. The van der Waals surface area contributed by atoms with Gasteiger partial charge in [0.05, 0.1) is 5.69 Å². The molecule has 8 heteroatoms. The van der Waals surface area contributed by atoms with E-state index in [0.717, 1.165) is 36.0 Å². The van der Waals surface area contributed by atoms with Crippen LogP contribution in [0.1, 0.15) is 30.7 Å². The second kappa shape index (κ2) is 10.6. The lowest BCUT2D eigenvalue weighted by molar-refractivity contribution is -0.159. The Kier molecular flexibility index (Phi) is 8.81. The molecule has 0 atom stereocenters. The van der Waals surface area contributed by atoms with Gasteiger partial charge in [-0.3, -0.25) is 4.68 Å². The summed E-state index contributed by atoms with van der Waals surface area (Å²) in [4.78, 5) is 18.2. The predicted octanol–water partition coefficient (Wildman–Crippen LogP) is 2.95. The molecule has 7 nitrogen and oxygen atoms in total. The van der Waals surface area contributed by atoms with E-state index in [-0.39, 0.29) is 0 Å². The molecule has 142 valence electrons. The molecule has 0 saturated carbocycles. The summed E-state index contributed by atoms with van der Waals surface area (Å²) in [5.74, 6) is -3.11. The van der Waals surface area contributed by atoms with Crippen molar-refractivity contribution in [2.45, 2.75) is 40.4 Å². The quantitative estimate of drug-likeness (QED) is 0.664. The number of nitrogens with one attached hydrogen (secondary N) is 1. The van der Waals surface area contributed by atoms with Crippen molar-refractivity contribution in [1.82, 2.24) is 15.1 Å². The molecule has 1 aromatic heterocycles. The number of hydrogen-bond donors (Lipinski definition) is 3. The Hall–Kier alpha value is -2.38.